The standard InChI is InChI=1S/C10H11N3S/c14-6-5-9-1-3-10(4-2-9)13-8-11-7-12-13/h1-4,7-8,14H,5-6H2. The lowest BCUT2D eigenvalue weighted by molar-refractivity contribution is 0.877. The summed E-state index contributed by atoms with van der Waals surface area (Å²) in [4.78, 5) is 3.90. The van der Waals surface area contributed by atoms with Crippen molar-refractivity contribution in [3.05, 3.63) is 42.5 Å². The van der Waals surface area contributed by atoms with E-state index < -0.39 is 0 Å². The van der Waals surface area contributed by atoms with E-state index in [4.69, 9.17) is 0 Å². The summed E-state index contributed by atoms with van der Waals surface area (Å²) in [5.41, 5.74) is 2.33. The largest absolute Gasteiger partial charge is 0.223 e. The normalized spacial score (nSPS) is 10.4. The fourth-order valence-corrected chi connectivity index (χ4v) is 1.54. The first-order valence-corrected chi connectivity index (χ1v) is 5.08. The Morgan fingerprint density at radius 2 is 2.00 bits per heavy atom. The van der Waals surface area contributed by atoms with E-state index in [1.807, 2.05) is 12.1 Å². The third-order valence-corrected chi connectivity index (χ3v) is 2.24. The molecule has 1 aromatic carbocycles. The van der Waals surface area contributed by atoms with Crippen molar-refractivity contribution >= 4 is 12.6 Å². The van der Waals surface area contributed by atoms with Crippen molar-refractivity contribution in [2.75, 3.05) is 5.75 Å². The van der Waals surface area contributed by atoms with Crippen LogP contribution in [0.15, 0.2) is 36.9 Å². The molecule has 0 radical (unpaired) electrons. The van der Waals surface area contributed by atoms with Gasteiger partial charge in [0, 0.05) is 0 Å². The Labute approximate surface area is 88.2 Å². The third kappa shape index (κ3) is 1.96. The van der Waals surface area contributed by atoms with Gasteiger partial charge in [0.15, 0.2) is 0 Å². The number of hydrogen-bond acceptors (Lipinski definition) is 3. The summed E-state index contributed by atoms with van der Waals surface area (Å²) in [6.45, 7) is 0. The zero-order valence-electron chi connectivity index (χ0n) is 7.67. The molecule has 0 spiro atoms. The molecule has 14 heavy (non-hydrogen) atoms. The van der Waals surface area contributed by atoms with Gasteiger partial charge in [-0.3, -0.25) is 0 Å². The van der Waals surface area contributed by atoms with Crippen molar-refractivity contribution in [1.29, 1.82) is 0 Å². The Bertz CT molecular complexity index is 380. The SMILES string of the molecule is SCCc1ccc(-n2cncn2)cc1. The monoisotopic (exact) mass is 205 g/mol. The summed E-state index contributed by atoms with van der Waals surface area (Å²) in [5, 5.41) is 4.05. The van der Waals surface area contributed by atoms with Crippen molar-refractivity contribution in [3.8, 4) is 5.69 Å². The highest BCUT2D eigenvalue weighted by molar-refractivity contribution is 7.80. The molecule has 4 heteroatoms. The molecule has 3 nitrogen and oxygen atoms in total. The number of aromatic nitrogens is 3. The Hall–Kier alpha value is -1.29. The average molecular weight is 205 g/mol. The first-order valence-electron chi connectivity index (χ1n) is 4.45. The summed E-state index contributed by atoms with van der Waals surface area (Å²) >= 11 is 4.19. The van der Waals surface area contributed by atoms with Crippen LogP contribution in [0.3, 0.4) is 0 Å². The topological polar surface area (TPSA) is 30.7 Å². The minimum absolute atomic E-state index is 0.878. The van der Waals surface area contributed by atoms with E-state index in [1.165, 1.54) is 11.9 Å². The highest BCUT2D eigenvalue weighted by Gasteiger charge is 1.96. The molecule has 0 aliphatic heterocycles. The summed E-state index contributed by atoms with van der Waals surface area (Å²) < 4.78 is 1.74. The molecule has 0 atom stereocenters. The predicted molar refractivity (Wildman–Crippen MR) is 58.9 cm³/mol. The fraction of sp³-hybridized carbons (Fsp3) is 0.200. The Balaban J connectivity index is 2.22. The molecule has 0 N–H and O–H groups in total. The number of thiol groups is 1. The Kier molecular flexibility index (Phi) is 2.84. The van der Waals surface area contributed by atoms with Gasteiger partial charge in [-0.15, -0.1) is 0 Å². The minimum atomic E-state index is 0.878. The lowest BCUT2D eigenvalue weighted by Gasteiger charge is -2.01. The zero-order chi connectivity index (χ0) is 9.80. The van der Waals surface area contributed by atoms with E-state index in [-0.39, 0.29) is 0 Å². The van der Waals surface area contributed by atoms with Crippen molar-refractivity contribution in [2.24, 2.45) is 0 Å². The predicted octanol–water partition coefficient (Wildman–Crippen LogP) is 1.74. The van der Waals surface area contributed by atoms with Gasteiger partial charge in [-0.1, -0.05) is 12.1 Å². The zero-order valence-corrected chi connectivity index (χ0v) is 8.56. The lowest BCUT2D eigenvalue weighted by Crippen LogP contribution is -1.94. The molecule has 1 heterocycles. The van der Waals surface area contributed by atoms with Crippen LogP contribution in [-0.2, 0) is 6.42 Å². The van der Waals surface area contributed by atoms with Crippen molar-refractivity contribution < 1.29 is 0 Å². The second-order valence-corrected chi connectivity index (χ2v) is 3.43. The van der Waals surface area contributed by atoms with Gasteiger partial charge in [0.05, 0.1) is 5.69 Å². The molecule has 2 rings (SSSR count). The van der Waals surface area contributed by atoms with Crippen LogP contribution in [0.4, 0.5) is 0 Å². The van der Waals surface area contributed by atoms with E-state index in [0.717, 1.165) is 17.9 Å². The second kappa shape index (κ2) is 4.28. The maximum absolute atomic E-state index is 4.19. The van der Waals surface area contributed by atoms with Gasteiger partial charge in [0.2, 0.25) is 0 Å². The molecule has 0 aliphatic carbocycles. The van der Waals surface area contributed by atoms with E-state index in [1.54, 1.807) is 11.0 Å². The Morgan fingerprint density at radius 1 is 1.21 bits per heavy atom. The number of rotatable bonds is 3. The van der Waals surface area contributed by atoms with Crippen LogP contribution in [0, 0.1) is 0 Å². The van der Waals surface area contributed by atoms with Gasteiger partial charge in [-0.05, 0) is 29.9 Å². The van der Waals surface area contributed by atoms with Crippen LogP contribution in [0.5, 0.6) is 0 Å². The van der Waals surface area contributed by atoms with E-state index >= 15 is 0 Å². The van der Waals surface area contributed by atoms with E-state index in [2.05, 4.69) is 34.8 Å². The van der Waals surface area contributed by atoms with Crippen molar-refractivity contribution in [2.45, 2.75) is 6.42 Å². The molecule has 0 amide bonds. The minimum Gasteiger partial charge on any atom is -0.223 e. The smallest absolute Gasteiger partial charge is 0.138 e. The van der Waals surface area contributed by atoms with Crippen LogP contribution >= 0.6 is 12.6 Å². The molecule has 0 saturated carbocycles. The van der Waals surface area contributed by atoms with Gasteiger partial charge >= 0.3 is 0 Å². The highest BCUT2D eigenvalue weighted by atomic mass is 32.1. The summed E-state index contributed by atoms with van der Waals surface area (Å²) in [6, 6.07) is 8.25. The van der Waals surface area contributed by atoms with E-state index in [0.29, 0.717) is 0 Å². The van der Waals surface area contributed by atoms with Gasteiger partial charge < -0.3 is 0 Å². The van der Waals surface area contributed by atoms with Gasteiger partial charge in [-0.2, -0.15) is 17.7 Å². The third-order valence-electron chi connectivity index (χ3n) is 2.02. The van der Waals surface area contributed by atoms with Crippen molar-refractivity contribution in [1.82, 2.24) is 14.8 Å². The molecule has 0 saturated heterocycles. The van der Waals surface area contributed by atoms with Crippen LogP contribution in [0.25, 0.3) is 5.69 Å². The molecule has 0 fully saturated rings. The molecule has 0 unspecified atom stereocenters. The quantitative estimate of drug-likeness (QED) is 0.774. The maximum atomic E-state index is 4.19. The molecule has 0 aliphatic rings. The molecule has 1 aromatic heterocycles. The number of hydrogen-bond donors (Lipinski definition) is 1. The second-order valence-electron chi connectivity index (χ2n) is 2.98. The first kappa shape index (κ1) is 9.27. The number of benzene rings is 1. The van der Waals surface area contributed by atoms with Gasteiger partial charge in [-0.25, -0.2) is 9.67 Å². The van der Waals surface area contributed by atoms with Gasteiger partial charge in [0.1, 0.15) is 12.7 Å². The maximum Gasteiger partial charge on any atom is 0.138 e. The lowest BCUT2D eigenvalue weighted by atomic mass is 10.1. The molecule has 72 valence electrons. The van der Waals surface area contributed by atoms with Crippen LogP contribution in [0.2, 0.25) is 0 Å². The highest BCUT2D eigenvalue weighted by Crippen LogP contribution is 2.08. The Morgan fingerprint density at radius 3 is 2.57 bits per heavy atom. The van der Waals surface area contributed by atoms with Crippen LogP contribution < -0.4 is 0 Å². The number of aryl methyl sites for hydroxylation is 1. The summed E-state index contributed by atoms with van der Waals surface area (Å²) in [6.07, 6.45) is 4.22. The molecular weight excluding hydrogens is 194 g/mol. The summed E-state index contributed by atoms with van der Waals surface area (Å²) in [7, 11) is 0. The average Bonchev–Trinajstić information content (AvgIpc) is 2.72. The molecule has 2 aromatic rings. The summed E-state index contributed by atoms with van der Waals surface area (Å²) in [5.74, 6) is 0.878. The molecular formula is C10H11N3S. The van der Waals surface area contributed by atoms with Crippen molar-refractivity contribution in [3.63, 3.8) is 0 Å². The van der Waals surface area contributed by atoms with Crippen LogP contribution in [-0.4, -0.2) is 20.5 Å². The van der Waals surface area contributed by atoms with E-state index in [9.17, 15) is 0 Å². The van der Waals surface area contributed by atoms with Gasteiger partial charge in [0.25, 0.3) is 0 Å². The first-order chi connectivity index (χ1) is 6.90. The van der Waals surface area contributed by atoms with Crippen LogP contribution in [0.1, 0.15) is 5.56 Å². The molecule has 0 bridgehead atoms. The fourth-order valence-electron chi connectivity index (χ4n) is 1.29. The number of nitrogens with zero attached hydrogens (tertiary/aromatic N) is 3.